The van der Waals surface area contributed by atoms with Crippen molar-refractivity contribution >= 4 is 71.8 Å². The molecule has 0 saturated carbocycles. The molecule has 0 unspecified atom stereocenters. The van der Waals surface area contributed by atoms with E-state index in [4.69, 9.17) is 18.8 Å². The second-order valence-corrected chi connectivity index (χ2v) is 15.3. The minimum atomic E-state index is 0.571. The molecule has 0 N–H and O–H groups in total. The van der Waals surface area contributed by atoms with Crippen LogP contribution in [0.2, 0.25) is 0 Å². The average Bonchev–Trinajstić information content (AvgIpc) is 3.92. The summed E-state index contributed by atoms with van der Waals surface area (Å²) >= 11 is 0. The predicted molar refractivity (Wildman–Crippen MR) is 251 cm³/mol. The molecule has 9 aromatic carbocycles. The minimum absolute atomic E-state index is 0.571. The molecule has 286 valence electrons. The summed E-state index contributed by atoms with van der Waals surface area (Å²) in [6, 6.07) is 74.0. The summed E-state index contributed by atoms with van der Waals surface area (Å²) in [5, 5.41) is 6.39. The summed E-state index contributed by atoms with van der Waals surface area (Å²) in [7, 11) is 0. The van der Waals surface area contributed by atoms with Crippen LogP contribution in [0.1, 0.15) is 0 Å². The van der Waals surface area contributed by atoms with Crippen molar-refractivity contribution in [2.24, 2.45) is 0 Å². The maximum absolute atomic E-state index is 6.89. The second kappa shape index (κ2) is 14.2. The van der Waals surface area contributed by atoms with Crippen molar-refractivity contribution in [1.29, 1.82) is 0 Å². The van der Waals surface area contributed by atoms with E-state index < -0.39 is 0 Å². The first-order valence-corrected chi connectivity index (χ1v) is 20.5. The van der Waals surface area contributed by atoms with E-state index in [1.54, 1.807) is 0 Å². The Morgan fingerprint density at radius 2 is 0.951 bits per heavy atom. The molecule has 0 fully saturated rings. The Kier molecular flexibility index (Phi) is 8.10. The molecule has 0 aliphatic heterocycles. The van der Waals surface area contributed by atoms with Crippen molar-refractivity contribution in [1.82, 2.24) is 9.97 Å². The molecule has 3 heterocycles. The summed E-state index contributed by atoms with van der Waals surface area (Å²) < 4.78 is 13.2. The zero-order chi connectivity index (χ0) is 40.3. The molecule has 0 atom stereocenters. The molecular formula is C56H35N3O2. The largest absolute Gasteiger partial charge is 0.454 e. The van der Waals surface area contributed by atoms with Gasteiger partial charge in [0, 0.05) is 38.7 Å². The molecular weight excluding hydrogens is 747 g/mol. The molecule has 0 amide bonds. The maximum Gasteiger partial charge on any atom is 0.231 e. The van der Waals surface area contributed by atoms with Crippen LogP contribution in [-0.4, -0.2) is 9.97 Å². The molecule has 61 heavy (non-hydrogen) atoms. The first kappa shape index (κ1) is 34.7. The molecule has 0 bridgehead atoms. The van der Waals surface area contributed by atoms with Gasteiger partial charge in [-0.1, -0.05) is 170 Å². The van der Waals surface area contributed by atoms with Crippen LogP contribution in [0, 0.1) is 0 Å². The number of aromatic nitrogens is 2. The van der Waals surface area contributed by atoms with Gasteiger partial charge >= 0.3 is 0 Å². The van der Waals surface area contributed by atoms with Gasteiger partial charge in [-0.3, -0.25) is 0 Å². The maximum atomic E-state index is 6.89. The van der Waals surface area contributed by atoms with Crippen LogP contribution in [-0.2, 0) is 0 Å². The highest BCUT2D eigenvalue weighted by atomic mass is 16.3. The molecule has 0 spiro atoms. The molecule has 0 aliphatic carbocycles. The van der Waals surface area contributed by atoms with E-state index in [1.807, 2.05) is 42.5 Å². The van der Waals surface area contributed by atoms with E-state index in [0.29, 0.717) is 11.5 Å². The Labute approximate surface area is 351 Å². The summed E-state index contributed by atoms with van der Waals surface area (Å²) in [4.78, 5) is 12.5. The van der Waals surface area contributed by atoms with Gasteiger partial charge in [-0.25, -0.2) is 4.98 Å². The normalized spacial score (nSPS) is 11.6. The number of anilines is 3. The average molecular weight is 782 g/mol. The number of hydrogen-bond donors (Lipinski definition) is 0. The third-order valence-corrected chi connectivity index (χ3v) is 11.7. The van der Waals surface area contributed by atoms with Gasteiger partial charge in [-0.05, 0) is 75.5 Å². The van der Waals surface area contributed by atoms with Crippen LogP contribution in [0.4, 0.5) is 17.1 Å². The zero-order valence-electron chi connectivity index (χ0n) is 32.9. The van der Waals surface area contributed by atoms with Crippen molar-refractivity contribution in [3.8, 4) is 44.9 Å². The number of para-hydroxylation sites is 2. The number of hydrogen-bond acceptors (Lipinski definition) is 5. The van der Waals surface area contributed by atoms with Gasteiger partial charge in [0.1, 0.15) is 11.2 Å². The third-order valence-electron chi connectivity index (χ3n) is 11.7. The molecule has 5 nitrogen and oxygen atoms in total. The lowest BCUT2D eigenvalue weighted by molar-refractivity contribution is 0.653. The van der Waals surface area contributed by atoms with E-state index in [0.717, 1.165) is 88.9 Å². The lowest BCUT2D eigenvalue weighted by Gasteiger charge is -2.26. The molecule has 0 radical (unpaired) electrons. The van der Waals surface area contributed by atoms with Crippen LogP contribution in [0.3, 0.4) is 0 Å². The highest BCUT2D eigenvalue weighted by Gasteiger charge is 2.23. The van der Waals surface area contributed by atoms with E-state index in [9.17, 15) is 0 Å². The Morgan fingerprint density at radius 1 is 0.377 bits per heavy atom. The molecule has 3 aromatic heterocycles. The van der Waals surface area contributed by atoms with E-state index in [2.05, 4.69) is 175 Å². The lowest BCUT2D eigenvalue weighted by atomic mass is 9.97. The lowest BCUT2D eigenvalue weighted by Crippen LogP contribution is -2.10. The van der Waals surface area contributed by atoms with Crippen molar-refractivity contribution in [2.75, 3.05) is 4.90 Å². The molecule has 12 aromatic rings. The van der Waals surface area contributed by atoms with Crippen molar-refractivity contribution < 1.29 is 8.83 Å². The Bertz CT molecular complexity index is 3570. The topological polar surface area (TPSA) is 55.3 Å². The summed E-state index contributed by atoms with van der Waals surface area (Å²) in [5.41, 5.74) is 13.3. The standard InChI is InChI=1S/C56H35N3O2/c1-3-13-36(14-4-1)38-27-30-43(31-28-38)59(44-32-29-37-15-7-8-18-42(37)35-44)48-34-33-45(51-46-19-9-11-21-49(46)60-54(48)51)39-23-25-41(26-24-39)55-57-53(40-16-5-2-6-17-40)52-47-20-10-12-22-50(47)61-56(52)58-55/h1-35H. The summed E-state index contributed by atoms with van der Waals surface area (Å²) in [5.74, 6) is 0.607. The van der Waals surface area contributed by atoms with Crippen molar-refractivity contribution in [3.05, 3.63) is 212 Å². The number of rotatable bonds is 7. The first-order valence-electron chi connectivity index (χ1n) is 20.5. The fourth-order valence-electron chi connectivity index (χ4n) is 8.76. The zero-order valence-corrected chi connectivity index (χ0v) is 32.9. The van der Waals surface area contributed by atoms with Crippen LogP contribution in [0.25, 0.3) is 99.7 Å². The Hall–Kier alpha value is -8.28. The number of furan rings is 2. The fraction of sp³-hybridized carbons (Fsp3) is 0. The number of fused-ring (bicyclic) bond motifs is 7. The monoisotopic (exact) mass is 781 g/mol. The molecule has 12 rings (SSSR count). The van der Waals surface area contributed by atoms with Gasteiger partial charge in [0.2, 0.25) is 5.71 Å². The highest BCUT2D eigenvalue weighted by Crippen LogP contribution is 2.47. The fourth-order valence-corrected chi connectivity index (χ4v) is 8.76. The number of benzene rings is 9. The van der Waals surface area contributed by atoms with Gasteiger partial charge in [0.15, 0.2) is 11.4 Å². The number of nitrogens with zero attached hydrogens (tertiary/aromatic N) is 3. The summed E-state index contributed by atoms with van der Waals surface area (Å²) in [6.45, 7) is 0. The van der Waals surface area contributed by atoms with Crippen LogP contribution in [0.15, 0.2) is 221 Å². The van der Waals surface area contributed by atoms with Gasteiger partial charge in [0.25, 0.3) is 0 Å². The van der Waals surface area contributed by atoms with Crippen molar-refractivity contribution in [3.63, 3.8) is 0 Å². The Morgan fingerprint density at radius 3 is 1.70 bits per heavy atom. The van der Waals surface area contributed by atoms with Gasteiger partial charge in [-0.15, -0.1) is 0 Å². The van der Waals surface area contributed by atoms with E-state index in [-0.39, 0.29) is 0 Å². The van der Waals surface area contributed by atoms with Gasteiger partial charge in [-0.2, -0.15) is 4.98 Å². The molecule has 5 heteroatoms. The first-order chi connectivity index (χ1) is 30.2. The quantitative estimate of drug-likeness (QED) is 0.161. The van der Waals surface area contributed by atoms with Crippen LogP contribution in [0.5, 0.6) is 0 Å². The highest BCUT2D eigenvalue weighted by molar-refractivity contribution is 6.17. The SMILES string of the molecule is c1ccc(-c2ccc(N(c3ccc4ccccc4c3)c3ccc(-c4ccc(-c5nc(-c6ccccc6)c6c(n5)oc5ccccc56)cc4)c4c3oc3ccccc34)cc2)cc1. The summed E-state index contributed by atoms with van der Waals surface area (Å²) in [6.07, 6.45) is 0. The van der Waals surface area contributed by atoms with Crippen molar-refractivity contribution in [2.45, 2.75) is 0 Å². The van der Waals surface area contributed by atoms with Crippen LogP contribution < -0.4 is 4.90 Å². The predicted octanol–water partition coefficient (Wildman–Crippen LogP) is 15.6. The van der Waals surface area contributed by atoms with Gasteiger partial charge < -0.3 is 13.7 Å². The van der Waals surface area contributed by atoms with Gasteiger partial charge in [0.05, 0.1) is 16.8 Å². The second-order valence-electron chi connectivity index (χ2n) is 15.3. The molecule has 0 saturated heterocycles. The molecule has 0 aliphatic rings. The Balaban J connectivity index is 1.01. The third kappa shape index (κ3) is 5.94. The minimum Gasteiger partial charge on any atom is -0.454 e. The van der Waals surface area contributed by atoms with E-state index >= 15 is 0 Å². The van der Waals surface area contributed by atoms with Crippen LogP contribution >= 0.6 is 0 Å². The smallest absolute Gasteiger partial charge is 0.231 e. The van der Waals surface area contributed by atoms with E-state index in [1.165, 1.54) is 16.3 Å².